The Morgan fingerprint density at radius 1 is 0.367 bits per heavy atom. The van der Waals surface area contributed by atoms with Gasteiger partial charge in [-0.25, -0.2) is 8.78 Å². The van der Waals surface area contributed by atoms with Crippen LogP contribution in [0.25, 0.3) is 0 Å². The molecule has 330 valence electrons. The number of halogens is 2. The largest absolute Gasteiger partial charge is 0.207 e. The quantitative estimate of drug-likeness (QED) is 0.166. The van der Waals surface area contributed by atoms with Gasteiger partial charge in [-0.05, 0) is 130 Å². The normalized spacial score (nSPS) is 14.4. The topological polar surface area (TPSA) is 0 Å². The van der Waals surface area contributed by atoms with Gasteiger partial charge in [-0.3, -0.25) is 0 Å². The summed E-state index contributed by atoms with van der Waals surface area (Å²) in [6, 6.07) is 37.4. The molecule has 0 unspecified atom stereocenters. The van der Waals surface area contributed by atoms with Gasteiger partial charge in [0.1, 0.15) is 11.6 Å². The molecule has 60 heavy (non-hydrogen) atoms. The maximum absolute atomic E-state index is 13.0. The third kappa shape index (κ3) is 22.5. The molecule has 2 heteroatoms. The van der Waals surface area contributed by atoms with Gasteiger partial charge >= 0.3 is 0 Å². The fourth-order valence-corrected chi connectivity index (χ4v) is 6.44. The highest BCUT2D eigenvalue weighted by atomic mass is 19.1. The molecule has 0 atom stereocenters. The first-order chi connectivity index (χ1) is 28.1. The van der Waals surface area contributed by atoms with E-state index in [9.17, 15) is 8.78 Å². The molecule has 0 bridgehead atoms. The predicted octanol–water partition coefficient (Wildman–Crippen LogP) is 18.5. The van der Waals surface area contributed by atoms with Crippen molar-refractivity contribution in [2.24, 2.45) is 17.8 Å². The molecule has 0 aromatic heterocycles. The second kappa shape index (κ2) is 28.5. The average molecular weight is 819 g/mol. The Morgan fingerprint density at radius 3 is 0.817 bits per heavy atom. The lowest BCUT2D eigenvalue weighted by Crippen LogP contribution is -2.16. The van der Waals surface area contributed by atoms with E-state index >= 15 is 0 Å². The fourth-order valence-electron chi connectivity index (χ4n) is 6.44. The van der Waals surface area contributed by atoms with Crippen LogP contribution in [0.4, 0.5) is 8.78 Å². The van der Waals surface area contributed by atoms with E-state index in [0.717, 1.165) is 17.8 Å². The van der Waals surface area contributed by atoms with Gasteiger partial charge in [0, 0.05) is 5.56 Å². The molecule has 5 aromatic rings. The minimum absolute atomic E-state index is 0.0967. The van der Waals surface area contributed by atoms with Crippen molar-refractivity contribution in [1.82, 2.24) is 0 Å². The first kappa shape index (κ1) is 54.0. The van der Waals surface area contributed by atoms with Crippen LogP contribution in [0.5, 0.6) is 0 Å². The van der Waals surface area contributed by atoms with E-state index in [2.05, 4.69) is 194 Å². The molecule has 0 spiro atoms. The molecule has 0 heterocycles. The smallest absolute Gasteiger partial charge is 0.129 e. The molecule has 0 saturated heterocycles. The van der Waals surface area contributed by atoms with E-state index in [1.54, 1.807) is 0 Å². The Labute approximate surface area is 368 Å². The molecule has 0 N–H and O–H groups in total. The first-order valence-corrected chi connectivity index (χ1v) is 22.8. The molecule has 0 aliphatic heterocycles. The Bertz CT molecular complexity index is 1670. The lowest BCUT2D eigenvalue weighted by Gasteiger charge is -2.28. The predicted molar refractivity (Wildman–Crippen MR) is 263 cm³/mol. The Kier molecular flexibility index (Phi) is 25.6. The van der Waals surface area contributed by atoms with E-state index in [-0.39, 0.29) is 11.5 Å². The minimum atomic E-state index is -0.460. The van der Waals surface area contributed by atoms with Crippen molar-refractivity contribution in [3.8, 4) is 0 Å². The van der Waals surface area contributed by atoms with Crippen LogP contribution in [0.15, 0.2) is 109 Å². The van der Waals surface area contributed by atoms with Crippen LogP contribution in [-0.4, -0.2) is 0 Å². The molecule has 6 rings (SSSR count). The lowest BCUT2D eigenvalue weighted by atomic mass is 9.78. The fraction of sp³-hybridized carbons (Fsp3) is 0.483. The third-order valence-electron chi connectivity index (χ3n) is 11.4. The molecule has 1 fully saturated rings. The number of aryl methyl sites for hydroxylation is 5. The van der Waals surface area contributed by atoms with Gasteiger partial charge in [-0.2, -0.15) is 0 Å². The lowest BCUT2D eigenvalue weighted by molar-refractivity contribution is 0.234. The number of hydrogen-bond donors (Lipinski definition) is 0. The van der Waals surface area contributed by atoms with Crippen LogP contribution in [0.3, 0.4) is 0 Å². The molecule has 1 aliphatic rings. The minimum Gasteiger partial charge on any atom is -0.207 e. The van der Waals surface area contributed by atoms with E-state index in [0.29, 0.717) is 23.3 Å². The highest BCUT2D eigenvalue weighted by molar-refractivity contribution is 5.28. The van der Waals surface area contributed by atoms with E-state index in [1.165, 1.54) is 89.2 Å². The second-order valence-corrected chi connectivity index (χ2v) is 18.9. The van der Waals surface area contributed by atoms with Crippen molar-refractivity contribution >= 4 is 0 Å². The SMILES string of the molecule is CC1CCC(C(C)C)CC1.Cc1c(F)cc(C(C)C)cc1F.Cc1ccc(C(C)C)cc1.Cc1ccc(C(C)C)cc1.Cc1ccc(C(C)C)cc1.Cc1ccc(C)cc1. The zero-order valence-corrected chi connectivity index (χ0v) is 41.0. The molecule has 5 aromatic carbocycles. The van der Waals surface area contributed by atoms with Crippen molar-refractivity contribution in [3.63, 3.8) is 0 Å². The van der Waals surface area contributed by atoms with E-state index in [1.807, 2.05) is 13.8 Å². The van der Waals surface area contributed by atoms with Gasteiger partial charge in [0.05, 0.1) is 0 Å². The van der Waals surface area contributed by atoms with Gasteiger partial charge in [0.2, 0.25) is 0 Å². The highest BCUT2D eigenvalue weighted by Gasteiger charge is 2.20. The van der Waals surface area contributed by atoms with Crippen molar-refractivity contribution in [2.45, 2.75) is 167 Å². The monoisotopic (exact) mass is 819 g/mol. The van der Waals surface area contributed by atoms with E-state index < -0.39 is 11.6 Å². The summed E-state index contributed by atoms with van der Waals surface area (Å²) < 4.78 is 25.9. The standard InChI is InChI=1S/C10H12F2.C10H20.3C10H14.C8H10/c1-6(2)8-4-9(11)7(3)10(12)5-8;4*1-8(2)10-6-4-9(3)5-7-10;1-7-3-5-8(2)6-4-7/h4-6H,1-3H3;8-10H,4-7H2,1-3H3;3*4-8H,1-3H3;3-6H,1-2H3. The summed E-state index contributed by atoms with van der Waals surface area (Å²) in [5, 5.41) is 0. The van der Waals surface area contributed by atoms with Crippen LogP contribution in [0, 0.1) is 70.9 Å². The Morgan fingerprint density at radius 2 is 0.600 bits per heavy atom. The van der Waals surface area contributed by atoms with Gasteiger partial charge in [0.25, 0.3) is 0 Å². The number of rotatable bonds is 5. The molecule has 0 amide bonds. The Balaban J connectivity index is 0.000000361. The summed E-state index contributed by atoms with van der Waals surface area (Å²) in [5.74, 6) is 4.17. The Hall–Kier alpha value is -4.04. The molecule has 1 saturated carbocycles. The highest BCUT2D eigenvalue weighted by Crippen LogP contribution is 2.32. The van der Waals surface area contributed by atoms with Crippen LogP contribution in [0.2, 0.25) is 0 Å². The van der Waals surface area contributed by atoms with Crippen molar-refractivity contribution in [1.29, 1.82) is 0 Å². The average Bonchev–Trinajstić information content (AvgIpc) is 3.20. The summed E-state index contributed by atoms with van der Waals surface area (Å²) in [6.45, 7) is 36.2. The number of hydrogen-bond acceptors (Lipinski definition) is 0. The van der Waals surface area contributed by atoms with Crippen LogP contribution >= 0.6 is 0 Å². The van der Waals surface area contributed by atoms with Gasteiger partial charge in [-0.1, -0.05) is 214 Å². The maximum Gasteiger partial charge on any atom is 0.129 e. The van der Waals surface area contributed by atoms with Gasteiger partial charge in [0.15, 0.2) is 0 Å². The van der Waals surface area contributed by atoms with Crippen LogP contribution < -0.4 is 0 Å². The second-order valence-electron chi connectivity index (χ2n) is 18.9. The molecular weight excluding hydrogens is 735 g/mol. The van der Waals surface area contributed by atoms with Crippen LogP contribution in [-0.2, 0) is 0 Å². The number of benzene rings is 5. The summed E-state index contributed by atoms with van der Waals surface area (Å²) in [7, 11) is 0. The zero-order chi connectivity index (χ0) is 45.5. The summed E-state index contributed by atoms with van der Waals surface area (Å²) >= 11 is 0. The molecule has 0 radical (unpaired) electrons. The van der Waals surface area contributed by atoms with Gasteiger partial charge < -0.3 is 0 Å². The summed E-state index contributed by atoms with van der Waals surface area (Å²) in [5.41, 5.74) is 11.7. The first-order valence-electron chi connectivity index (χ1n) is 22.8. The molecule has 1 aliphatic carbocycles. The van der Waals surface area contributed by atoms with Crippen molar-refractivity contribution in [2.75, 3.05) is 0 Å². The summed E-state index contributed by atoms with van der Waals surface area (Å²) in [6.07, 6.45) is 5.92. The van der Waals surface area contributed by atoms with Crippen LogP contribution in [0.1, 0.15) is 181 Å². The maximum atomic E-state index is 13.0. The molecule has 0 nitrogen and oxygen atoms in total. The summed E-state index contributed by atoms with van der Waals surface area (Å²) in [4.78, 5) is 0. The van der Waals surface area contributed by atoms with E-state index in [4.69, 9.17) is 0 Å². The molecular formula is C58H84F2. The van der Waals surface area contributed by atoms with Crippen molar-refractivity contribution < 1.29 is 8.78 Å². The van der Waals surface area contributed by atoms with Crippen molar-refractivity contribution in [3.05, 3.63) is 176 Å². The third-order valence-corrected chi connectivity index (χ3v) is 11.4. The zero-order valence-electron chi connectivity index (χ0n) is 41.0. The van der Waals surface area contributed by atoms with Gasteiger partial charge in [-0.15, -0.1) is 0 Å².